The fraction of sp³-hybridized carbons (Fsp3) is 0.800. The van der Waals surface area contributed by atoms with Gasteiger partial charge < -0.3 is 4.79 Å². The lowest BCUT2D eigenvalue weighted by Crippen LogP contribution is -1.97. The van der Waals surface area contributed by atoms with Crippen molar-refractivity contribution in [3.63, 3.8) is 0 Å². The molecular formula is C5H11AlO. The highest BCUT2D eigenvalue weighted by Gasteiger charge is 1.97. The van der Waals surface area contributed by atoms with Gasteiger partial charge in [0.1, 0.15) is 6.29 Å². The standard InChI is InChI=1S/C3H5O.2CH3.Al/c1-2-3-4;;;/h3H,1-2H2;2*1H3;. The maximum absolute atomic E-state index is 9.73. The normalized spacial score (nSPS) is 8.29. The molecule has 0 aliphatic rings. The van der Waals surface area contributed by atoms with Crippen LogP contribution in [0.2, 0.25) is 16.9 Å². The predicted molar refractivity (Wildman–Crippen MR) is 33.0 cm³/mol. The summed E-state index contributed by atoms with van der Waals surface area (Å²) in [4.78, 5) is 9.73. The number of carbonyl (C=O) groups is 1. The zero-order valence-corrected chi connectivity index (χ0v) is 6.13. The van der Waals surface area contributed by atoms with Gasteiger partial charge in [-0.1, -0.05) is 5.28 Å². The summed E-state index contributed by atoms with van der Waals surface area (Å²) < 4.78 is 0. The first-order chi connectivity index (χ1) is 3.27. The third-order valence-corrected chi connectivity index (χ3v) is 2.35. The highest BCUT2D eigenvalue weighted by molar-refractivity contribution is 6.55. The van der Waals surface area contributed by atoms with Crippen molar-refractivity contribution < 1.29 is 4.79 Å². The van der Waals surface area contributed by atoms with Crippen LogP contribution in [0, 0.1) is 0 Å². The van der Waals surface area contributed by atoms with E-state index in [1.54, 1.807) is 0 Å². The summed E-state index contributed by atoms with van der Waals surface area (Å²) in [7, 11) is 0. The van der Waals surface area contributed by atoms with E-state index >= 15 is 0 Å². The molecule has 0 saturated heterocycles. The second kappa shape index (κ2) is 4.36. The SMILES string of the molecule is [CH3][Al]([CH3])[CH2]CC=O. The van der Waals surface area contributed by atoms with Gasteiger partial charge in [-0.3, -0.25) is 0 Å². The van der Waals surface area contributed by atoms with E-state index < -0.39 is 14.1 Å². The molecule has 0 rings (SSSR count). The molecule has 0 heterocycles. The van der Waals surface area contributed by atoms with Gasteiger partial charge in [0.2, 0.25) is 0 Å². The third kappa shape index (κ3) is 6.20. The molecule has 1 nitrogen and oxygen atoms in total. The van der Waals surface area contributed by atoms with Crippen molar-refractivity contribution in [3.8, 4) is 0 Å². The van der Waals surface area contributed by atoms with Gasteiger partial charge in [0.05, 0.1) is 0 Å². The van der Waals surface area contributed by atoms with Crippen LogP contribution in [0.5, 0.6) is 0 Å². The van der Waals surface area contributed by atoms with Gasteiger partial charge in [-0.05, 0) is 6.42 Å². The Morgan fingerprint density at radius 1 is 1.57 bits per heavy atom. The number of carbonyl (C=O) groups excluding carboxylic acids is 1. The summed E-state index contributed by atoms with van der Waals surface area (Å²) in [5.41, 5.74) is 0. The Labute approximate surface area is 49.1 Å². The molecule has 0 bridgehead atoms. The topological polar surface area (TPSA) is 17.1 Å². The van der Waals surface area contributed by atoms with Gasteiger partial charge >= 0.3 is 0 Å². The minimum atomic E-state index is -0.419. The number of aldehydes is 1. The maximum Gasteiger partial charge on any atom is 0.255 e. The van der Waals surface area contributed by atoms with Crippen LogP contribution in [0.15, 0.2) is 0 Å². The highest BCUT2D eigenvalue weighted by Crippen LogP contribution is 1.91. The molecule has 0 amide bonds. The third-order valence-electron chi connectivity index (χ3n) is 0.862. The fourth-order valence-electron chi connectivity index (χ4n) is 0.401. The van der Waals surface area contributed by atoms with Crippen molar-refractivity contribution in [1.82, 2.24) is 0 Å². The second-order valence-electron chi connectivity index (χ2n) is 2.14. The molecule has 0 aliphatic carbocycles. The van der Waals surface area contributed by atoms with Crippen LogP contribution in [0.4, 0.5) is 0 Å². The molecule has 0 aromatic carbocycles. The van der Waals surface area contributed by atoms with Gasteiger partial charge in [0.25, 0.3) is 14.1 Å². The summed E-state index contributed by atoms with van der Waals surface area (Å²) >= 11 is -0.419. The van der Waals surface area contributed by atoms with Crippen molar-refractivity contribution in [2.75, 3.05) is 0 Å². The smallest absolute Gasteiger partial charge is 0.255 e. The van der Waals surface area contributed by atoms with E-state index in [9.17, 15) is 4.79 Å². The van der Waals surface area contributed by atoms with Crippen LogP contribution in [-0.2, 0) is 4.79 Å². The van der Waals surface area contributed by atoms with Crippen molar-refractivity contribution in [1.29, 1.82) is 0 Å². The summed E-state index contributed by atoms with van der Waals surface area (Å²) in [5.74, 6) is 4.51. The zero-order chi connectivity index (χ0) is 5.70. The lowest BCUT2D eigenvalue weighted by atomic mass is 10.6. The minimum Gasteiger partial charge on any atom is -0.303 e. The summed E-state index contributed by atoms with van der Waals surface area (Å²) in [5, 5.41) is 1.17. The van der Waals surface area contributed by atoms with E-state index in [2.05, 4.69) is 11.6 Å². The van der Waals surface area contributed by atoms with E-state index in [1.807, 2.05) is 0 Å². The Hall–Kier alpha value is 0.202. The quantitative estimate of drug-likeness (QED) is 0.399. The largest absolute Gasteiger partial charge is 0.303 e. The van der Waals surface area contributed by atoms with Crippen LogP contribution in [0.25, 0.3) is 0 Å². The molecule has 0 radical (unpaired) electrons. The van der Waals surface area contributed by atoms with Crippen LogP contribution in [0.3, 0.4) is 0 Å². The molecular weight excluding hydrogens is 103 g/mol. The Morgan fingerprint density at radius 2 is 2.14 bits per heavy atom. The van der Waals surface area contributed by atoms with Crippen molar-refractivity contribution in [3.05, 3.63) is 0 Å². The molecule has 0 aromatic rings. The van der Waals surface area contributed by atoms with E-state index in [4.69, 9.17) is 0 Å². The lowest BCUT2D eigenvalue weighted by Gasteiger charge is -1.87. The van der Waals surface area contributed by atoms with Gasteiger partial charge in [-0.25, -0.2) is 0 Å². The summed E-state index contributed by atoms with van der Waals surface area (Å²) in [6.07, 6.45) is 1.79. The maximum atomic E-state index is 9.73. The molecule has 0 saturated carbocycles. The average Bonchev–Trinajstić information content (AvgIpc) is 1.61. The molecule has 7 heavy (non-hydrogen) atoms. The van der Waals surface area contributed by atoms with Crippen LogP contribution in [0.1, 0.15) is 6.42 Å². The second-order valence-corrected chi connectivity index (χ2v) is 5.50. The molecule has 0 N–H and O–H groups in total. The van der Waals surface area contributed by atoms with Crippen LogP contribution < -0.4 is 0 Å². The zero-order valence-electron chi connectivity index (χ0n) is 4.98. The highest BCUT2D eigenvalue weighted by atomic mass is 27.2. The molecule has 0 fully saturated rings. The van der Waals surface area contributed by atoms with Gasteiger partial charge in [-0.15, -0.1) is 11.6 Å². The first kappa shape index (κ1) is 7.20. The average molecular weight is 114 g/mol. The molecule has 0 aromatic heterocycles. The number of hydrogen-bond acceptors (Lipinski definition) is 1. The first-order valence-electron chi connectivity index (χ1n) is 2.71. The van der Waals surface area contributed by atoms with Crippen molar-refractivity contribution >= 4 is 20.4 Å². The predicted octanol–water partition coefficient (Wildman–Crippen LogP) is 1.33. The lowest BCUT2D eigenvalue weighted by molar-refractivity contribution is -0.107. The van der Waals surface area contributed by atoms with E-state index in [0.717, 1.165) is 12.7 Å². The van der Waals surface area contributed by atoms with Crippen LogP contribution in [-0.4, -0.2) is 20.4 Å². The van der Waals surface area contributed by atoms with Gasteiger partial charge in [0.15, 0.2) is 0 Å². The Morgan fingerprint density at radius 3 is 2.29 bits per heavy atom. The molecule has 0 atom stereocenters. The number of rotatable bonds is 3. The van der Waals surface area contributed by atoms with Crippen LogP contribution >= 0.6 is 0 Å². The Bertz CT molecular complexity index is 52.0. The fourth-order valence-corrected chi connectivity index (χ4v) is 1.20. The molecule has 0 unspecified atom stereocenters. The van der Waals surface area contributed by atoms with Gasteiger partial charge in [-0.2, -0.15) is 0 Å². The summed E-state index contributed by atoms with van der Waals surface area (Å²) in [6, 6.07) is 0. The van der Waals surface area contributed by atoms with E-state index in [0.29, 0.717) is 0 Å². The Kier molecular flexibility index (Phi) is 4.49. The first-order valence-corrected chi connectivity index (χ1v) is 5.83. The number of hydrogen-bond donors (Lipinski definition) is 0. The Balaban J connectivity index is 2.81. The van der Waals surface area contributed by atoms with Crippen molar-refractivity contribution in [2.45, 2.75) is 23.3 Å². The summed E-state index contributed by atoms with van der Waals surface area (Å²) in [6.45, 7) is 0. The minimum absolute atomic E-state index is 0.419. The van der Waals surface area contributed by atoms with Gasteiger partial charge in [0, 0.05) is 0 Å². The molecule has 2 heteroatoms. The van der Waals surface area contributed by atoms with Crippen molar-refractivity contribution in [2.24, 2.45) is 0 Å². The van der Waals surface area contributed by atoms with E-state index in [1.165, 1.54) is 5.28 Å². The monoisotopic (exact) mass is 114 g/mol. The molecule has 0 spiro atoms. The molecule has 0 aliphatic heterocycles. The molecule has 40 valence electrons. The van der Waals surface area contributed by atoms with E-state index in [-0.39, 0.29) is 0 Å².